The van der Waals surface area contributed by atoms with E-state index in [1.807, 2.05) is 0 Å². The maximum atomic E-state index is 14.0. The average molecular weight is 631 g/mol. The summed E-state index contributed by atoms with van der Waals surface area (Å²) in [4.78, 5) is 11.8. The minimum absolute atomic E-state index is 0.0997. The fourth-order valence-corrected chi connectivity index (χ4v) is 5.93. The van der Waals surface area contributed by atoms with Gasteiger partial charge in [-0.25, -0.2) is 39.5 Å². The second kappa shape index (κ2) is 11.1. The zero-order valence-corrected chi connectivity index (χ0v) is 21.3. The maximum Gasteiger partial charge on any atom is 0.511 e. The summed E-state index contributed by atoms with van der Waals surface area (Å²) in [6.07, 6.45) is -0.199. The number of hydrogen-bond acceptors (Lipinski definition) is 6. The second-order valence-corrected chi connectivity index (χ2v) is 12.2. The number of nitrogens with zero attached hydrogens (tertiary/aromatic N) is 1. The van der Waals surface area contributed by atoms with Gasteiger partial charge in [0.2, 0.25) is 44.9 Å². The topological polar surface area (TPSA) is 110 Å². The van der Waals surface area contributed by atoms with Gasteiger partial charge in [0.15, 0.2) is 0 Å². The molecule has 1 N–H and O–H groups in total. The Morgan fingerprint density at radius 2 is 1.46 bits per heavy atom. The second-order valence-electron chi connectivity index (χ2n) is 8.07. The number of hydrogen-bond donors (Lipinski definition) is 1. The molecule has 1 saturated heterocycles. The van der Waals surface area contributed by atoms with E-state index in [-0.39, 0.29) is 31.0 Å². The van der Waals surface area contributed by atoms with Crippen LogP contribution in [0.5, 0.6) is 5.75 Å². The first-order valence-electron chi connectivity index (χ1n) is 10.5. The van der Waals surface area contributed by atoms with Gasteiger partial charge in [-0.15, -0.1) is 0 Å². The molecule has 216 valence electrons. The number of carbonyl (C=O) groups is 1. The first-order chi connectivity index (χ1) is 17.9. The predicted molar refractivity (Wildman–Crippen MR) is 117 cm³/mol. The molecule has 0 bridgehead atoms. The van der Waals surface area contributed by atoms with Gasteiger partial charge in [0.05, 0.1) is 10.5 Å². The largest absolute Gasteiger partial charge is 0.511 e. The van der Waals surface area contributed by atoms with Crippen LogP contribution in [0.3, 0.4) is 0 Å². The van der Waals surface area contributed by atoms with E-state index < -0.39 is 89.3 Å². The van der Waals surface area contributed by atoms with Crippen molar-refractivity contribution >= 4 is 37.6 Å². The summed E-state index contributed by atoms with van der Waals surface area (Å²) < 4.78 is 161. The highest BCUT2D eigenvalue weighted by Crippen LogP contribution is 2.32. The Morgan fingerprint density at radius 1 is 0.949 bits per heavy atom. The molecule has 2 aromatic carbocycles. The molecule has 3 rings (SSSR count). The zero-order chi connectivity index (χ0) is 29.5. The van der Waals surface area contributed by atoms with E-state index in [4.69, 9.17) is 11.6 Å². The smallest absolute Gasteiger partial charge is 0.416 e. The van der Waals surface area contributed by atoms with E-state index in [1.165, 1.54) is 4.72 Å². The zero-order valence-electron chi connectivity index (χ0n) is 19.0. The Kier molecular flexibility index (Phi) is 8.86. The van der Waals surface area contributed by atoms with Crippen LogP contribution in [0.15, 0.2) is 23.1 Å². The summed E-state index contributed by atoms with van der Waals surface area (Å²) >= 11 is 5.79. The molecule has 39 heavy (non-hydrogen) atoms. The summed E-state index contributed by atoms with van der Waals surface area (Å²) in [6.45, 7) is -1.30. The van der Waals surface area contributed by atoms with Crippen LogP contribution in [0, 0.1) is 35.0 Å². The summed E-state index contributed by atoms with van der Waals surface area (Å²) in [7, 11) is -10.2. The van der Waals surface area contributed by atoms with Crippen LogP contribution in [-0.4, -0.2) is 52.3 Å². The Labute approximate surface area is 220 Å². The third-order valence-corrected chi connectivity index (χ3v) is 8.93. The number of rotatable bonds is 7. The van der Waals surface area contributed by atoms with Gasteiger partial charge in [-0.2, -0.15) is 26.3 Å². The third kappa shape index (κ3) is 6.29. The van der Waals surface area contributed by atoms with E-state index in [9.17, 15) is 56.8 Å². The molecule has 0 radical (unpaired) electrons. The van der Waals surface area contributed by atoms with E-state index in [2.05, 4.69) is 4.74 Å². The highest BCUT2D eigenvalue weighted by Gasteiger charge is 2.46. The predicted octanol–water partition coefficient (Wildman–Crippen LogP) is 4.09. The van der Waals surface area contributed by atoms with Crippen molar-refractivity contribution in [3.63, 3.8) is 0 Å². The third-order valence-electron chi connectivity index (χ3n) is 5.58. The Morgan fingerprint density at radius 3 is 1.97 bits per heavy atom. The van der Waals surface area contributed by atoms with Crippen LogP contribution in [0.2, 0.25) is 5.02 Å². The van der Waals surface area contributed by atoms with Gasteiger partial charge >= 0.3 is 21.5 Å². The molecule has 0 amide bonds. The minimum Gasteiger partial charge on any atom is -0.416 e. The molecular weight excluding hydrogens is 616 g/mol. The molecule has 1 fully saturated rings. The fourth-order valence-electron chi connectivity index (χ4n) is 3.51. The van der Waals surface area contributed by atoms with Crippen molar-refractivity contribution in [2.24, 2.45) is 5.92 Å². The van der Waals surface area contributed by atoms with Crippen LogP contribution >= 0.6 is 11.6 Å². The summed E-state index contributed by atoms with van der Waals surface area (Å²) in [6, 6.07) is 2.54. The summed E-state index contributed by atoms with van der Waals surface area (Å²) in [5.74, 6) is -16.9. The lowest BCUT2D eigenvalue weighted by Crippen LogP contribution is -2.44. The Balaban J connectivity index is 1.83. The summed E-state index contributed by atoms with van der Waals surface area (Å²) in [5, 5.41) is -0.269. The van der Waals surface area contributed by atoms with Gasteiger partial charge in [0.25, 0.3) is 0 Å². The molecule has 0 aliphatic carbocycles. The van der Waals surface area contributed by atoms with Crippen molar-refractivity contribution in [1.82, 2.24) is 9.03 Å². The number of esters is 1. The number of sulfonamides is 2. The highest BCUT2D eigenvalue weighted by atomic mass is 35.5. The van der Waals surface area contributed by atoms with Gasteiger partial charge in [0, 0.05) is 24.7 Å². The molecular formula is C20H15ClF8N2O6S2. The molecule has 0 saturated carbocycles. The standard InChI is InChI=1S/C20H15ClF8N2O6S2/c21-10-1-2-12(11(7-10)19(32)37-18-16(25)14(23)13(22)15(24)17(18)26)38(33,34)31-5-3-9(4-6-31)8-30-39(35,36)20(27,28)29/h1-2,7,9,30H,3-6,8H2. The molecule has 1 aliphatic rings. The Bertz CT molecular complexity index is 1480. The molecule has 0 atom stereocenters. The van der Waals surface area contributed by atoms with E-state index in [1.54, 1.807) is 0 Å². The molecule has 1 aliphatic heterocycles. The Hall–Kier alpha value is -2.54. The molecule has 0 unspecified atom stereocenters. The van der Waals surface area contributed by atoms with Gasteiger partial charge in [-0.3, -0.25) is 0 Å². The maximum absolute atomic E-state index is 14.0. The number of ether oxygens (including phenoxy) is 1. The van der Waals surface area contributed by atoms with Crippen LogP contribution in [0.1, 0.15) is 23.2 Å². The molecule has 8 nitrogen and oxygen atoms in total. The van der Waals surface area contributed by atoms with E-state index in [0.29, 0.717) is 6.07 Å². The lowest BCUT2D eigenvalue weighted by atomic mass is 9.99. The van der Waals surface area contributed by atoms with Crippen molar-refractivity contribution in [2.45, 2.75) is 23.2 Å². The number of piperidine rings is 1. The van der Waals surface area contributed by atoms with Gasteiger partial charge in [0.1, 0.15) is 0 Å². The molecule has 2 aromatic rings. The van der Waals surface area contributed by atoms with Crippen molar-refractivity contribution < 1.29 is 61.5 Å². The number of benzene rings is 2. The van der Waals surface area contributed by atoms with Crippen molar-refractivity contribution in [2.75, 3.05) is 19.6 Å². The molecule has 0 aromatic heterocycles. The number of nitrogens with one attached hydrogen (secondary N) is 1. The molecule has 1 heterocycles. The van der Waals surface area contributed by atoms with E-state index >= 15 is 0 Å². The van der Waals surface area contributed by atoms with Gasteiger partial charge in [-0.05, 0) is 37.0 Å². The summed E-state index contributed by atoms with van der Waals surface area (Å²) in [5.41, 5.74) is -6.46. The van der Waals surface area contributed by atoms with Crippen LogP contribution in [0.4, 0.5) is 35.1 Å². The number of halogens is 9. The first-order valence-corrected chi connectivity index (χ1v) is 13.8. The quantitative estimate of drug-likeness (QED) is 0.162. The minimum atomic E-state index is -5.61. The number of alkyl halides is 3. The van der Waals surface area contributed by atoms with Crippen molar-refractivity contribution in [1.29, 1.82) is 0 Å². The molecule has 0 spiro atoms. The van der Waals surface area contributed by atoms with Crippen LogP contribution in [0.25, 0.3) is 0 Å². The SMILES string of the molecule is O=C(Oc1c(F)c(F)c(F)c(F)c1F)c1cc(Cl)ccc1S(=O)(=O)N1CCC(CNS(=O)(=O)C(F)(F)F)CC1. The van der Waals surface area contributed by atoms with Crippen LogP contribution < -0.4 is 9.46 Å². The van der Waals surface area contributed by atoms with Gasteiger partial charge < -0.3 is 4.74 Å². The monoisotopic (exact) mass is 630 g/mol. The molecule has 19 heteroatoms. The average Bonchev–Trinajstić information content (AvgIpc) is 2.87. The van der Waals surface area contributed by atoms with Crippen LogP contribution in [-0.2, 0) is 20.0 Å². The van der Waals surface area contributed by atoms with Crippen molar-refractivity contribution in [3.8, 4) is 5.75 Å². The highest BCUT2D eigenvalue weighted by molar-refractivity contribution is 7.90. The van der Waals surface area contributed by atoms with Crippen molar-refractivity contribution in [3.05, 3.63) is 57.9 Å². The lowest BCUT2D eigenvalue weighted by molar-refractivity contribution is -0.0449. The van der Waals surface area contributed by atoms with E-state index in [0.717, 1.165) is 16.4 Å². The fraction of sp³-hybridized carbons (Fsp3) is 0.350. The first kappa shape index (κ1) is 31.0. The lowest BCUT2D eigenvalue weighted by Gasteiger charge is -2.31. The normalized spacial score (nSPS) is 15.9. The number of carbonyl (C=O) groups excluding carboxylic acids is 1. The van der Waals surface area contributed by atoms with Gasteiger partial charge in [-0.1, -0.05) is 11.6 Å².